The van der Waals surface area contributed by atoms with Crippen LogP contribution in [0.25, 0.3) is 0 Å². The summed E-state index contributed by atoms with van der Waals surface area (Å²) >= 11 is 1.82. The Balaban J connectivity index is 1.68. The lowest BCUT2D eigenvalue weighted by atomic mass is 9.89. The summed E-state index contributed by atoms with van der Waals surface area (Å²) in [5.74, 6) is 0.974. The second kappa shape index (κ2) is 9.10. The maximum absolute atomic E-state index is 11.5. The van der Waals surface area contributed by atoms with Crippen molar-refractivity contribution >= 4 is 28.3 Å². The number of aliphatic imine (C=N–C) groups is 1. The normalized spacial score (nSPS) is 24.6. The molecule has 2 fully saturated rings. The molecule has 0 unspecified atom stereocenters. The van der Waals surface area contributed by atoms with Crippen LogP contribution in [-0.4, -0.2) is 44.5 Å². The number of fused-ring (bicyclic) bond motifs is 1. The molecule has 0 amide bonds. The van der Waals surface area contributed by atoms with Crippen LogP contribution in [0, 0.1) is 10.1 Å². The van der Waals surface area contributed by atoms with Crippen LogP contribution < -0.4 is 0 Å². The predicted octanol–water partition coefficient (Wildman–Crippen LogP) is 6.02. The smallest absolute Gasteiger partial charge is 0.273 e. The Kier molecular flexibility index (Phi) is 6.63. The van der Waals surface area contributed by atoms with E-state index in [1.54, 1.807) is 6.07 Å². The molecular weight excluding hydrogens is 410 g/mol. The highest BCUT2D eigenvalue weighted by atomic mass is 32.2. The maximum atomic E-state index is 11.5. The van der Waals surface area contributed by atoms with E-state index in [1.165, 1.54) is 25.7 Å². The van der Waals surface area contributed by atoms with Crippen LogP contribution in [0.2, 0.25) is 0 Å². The predicted molar refractivity (Wildman–Crippen MR) is 127 cm³/mol. The number of thioether (sulfide) groups is 1. The van der Waals surface area contributed by atoms with Crippen LogP contribution in [0.5, 0.6) is 0 Å². The maximum Gasteiger partial charge on any atom is 0.273 e. The number of rotatable bonds is 5. The highest BCUT2D eigenvalue weighted by Gasteiger charge is 2.41. The fraction of sp³-hybridized carbons (Fsp3) is 0.708. The van der Waals surface area contributed by atoms with E-state index < -0.39 is 0 Å². The van der Waals surface area contributed by atoms with Crippen LogP contribution in [0.3, 0.4) is 0 Å². The molecule has 3 aliphatic rings. The summed E-state index contributed by atoms with van der Waals surface area (Å²) in [5.41, 5.74) is 2.99. The third-order valence-corrected chi connectivity index (χ3v) is 7.73. The van der Waals surface area contributed by atoms with Crippen molar-refractivity contribution in [3.63, 3.8) is 0 Å². The molecule has 31 heavy (non-hydrogen) atoms. The quantitative estimate of drug-likeness (QED) is 0.409. The van der Waals surface area contributed by atoms with Crippen LogP contribution in [0.4, 0.5) is 11.4 Å². The number of nitro benzene ring substituents is 1. The molecule has 1 heterocycles. The summed E-state index contributed by atoms with van der Waals surface area (Å²) < 4.78 is 6.36. The summed E-state index contributed by atoms with van der Waals surface area (Å²) in [4.78, 5) is 19.0. The highest BCUT2D eigenvalue weighted by molar-refractivity contribution is 8.14. The molecule has 2 atom stereocenters. The van der Waals surface area contributed by atoms with Crippen LogP contribution >= 0.6 is 11.8 Å². The van der Waals surface area contributed by atoms with Gasteiger partial charge in [0.25, 0.3) is 5.69 Å². The van der Waals surface area contributed by atoms with Crippen molar-refractivity contribution in [2.45, 2.75) is 103 Å². The van der Waals surface area contributed by atoms with Crippen molar-refractivity contribution in [3.05, 3.63) is 33.4 Å². The van der Waals surface area contributed by atoms with Gasteiger partial charge in [0.2, 0.25) is 0 Å². The molecule has 1 aliphatic heterocycles. The fourth-order valence-electron chi connectivity index (χ4n) is 5.36. The Morgan fingerprint density at radius 3 is 2.48 bits per heavy atom. The van der Waals surface area contributed by atoms with Crippen LogP contribution in [0.15, 0.2) is 17.1 Å². The largest absolute Gasteiger partial charge is 0.371 e. The molecule has 1 saturated heterocycles. The number of nitro groups is 1. The van der Waals surface area contributed by atoms with E-state index in [9.17, 15) is 10.1 Å². The van der Waals surface area contributed by atoms with E-state index in [-0.39, 0.29) is 22.3 Å². The molecule has 1 aromatic carbocycles. The SMILES string of the molecule is C[C@@H](OC(C)(C)C)[C@H]1CSC(=Nc2ccc([N+](=O)[O-])c3c2CCCC3)N1C1CCCC1. The molecule has 0 N–H and O–H groups in total. The van der Waals surface area contributed by atoms with E-state index in [4.69, 9.17) is 9.73 Å². The number of nitrogens with zero attached hydrogens (tertiary/aromatic N) is 3. The van der Waals surface area contributed by atoms with Crippen molar-refractivity contribution in [1.29, 1.82) is 0 Å². The summed E-state index contributed by atoms with van der Waals surface area (Å²) in [6.45, 7) is 8.53. The van der Waals surface area contributed by atoms with E-state index in [0.717, 1.165) is 53.4 Å². The van der Waals surface area contributed by atoms with Gasteiger partial charge in [-0.15, -0.1) is 0 Å². The van der Waals surface area contributed by atoms with Crippen molar-refractivity contribution in [1.82, 2.24) is 4.90 Å². The molecule has 0 spiro atoms. The zero-order chi connectivity index (χ0) is 22.2. The Morgan fingerprint density at radius 1 is 1.16 bits per heavy atom. The second-order valence-corrected chi connectivity index (χ2v) is 11.1. The van der Waals surface area contributed by atoms with E-state index in [2.05, 4.69) is 32.6 Å². The van der Waals surface area contributed by atoms with Gasteiger partial charge in [0.1, 0.15) is 0 Å². The zero-order valence-corrected chi connectivity index (χ0v) is 20.0. The Morgan fingerprint density at radius 2 is 1.84 bits per heavy atom. The van der Waals surface area contributed by atoms with Gasteiger partial charge in [-0.05, 0) is 77.8 Å². The lowest BCUT2D eigenvalue weighted by Crippen LogP contribution is -2.48. The second-order valence-electron chi connectivity index (χ2n) is 10.1. The van der Waals surface area contributed by atoms with Gasteiger partial charge in [-0.3, -0.25) is 10.1 Å². The summed E-state index contributed by atoms with van der Waals surface area (Å²) in [6.07, 6.45) is 8.82. The molecule has 1 saturated carbocycles. The first kappa shape index (κ1) is 22.6. The van der Waals surface area contributed by atoms with Gasteiger partial charge < -0.3 is 9.64 Å². The third kappa shape index (κ3) is 4.92. The van der Waals surface area contributed by atoms with Crippen molar-refractivity contribution in [2.24, 2.45) is 4.99 Å². The Hall–Kier alpha value is -1.60. The highest BCUT2D eigenvalue weighted by Crippen LogP contribution is 2.40. The monoisotopic (exact) mass is 445 g/mol. The molecule has 6 nitrogen and oxygen atoms in total. The number of benzene rings is 1. The Labute approximate surface area is 190 Å². The lowest BCUT2D eigenvalue weighted by Gasteiger charge is -2.37. The van der Waals surface area contributed by atoms with Crippen LogP contribution in [-0.2, 0) is 17.6 Å². The van der Waals surface area contributed by atoms with Crippen molar-refractivity contribution in [3.8, 4) is 0 Å². The van der Waals surface area contributed by atoms with Gasteiger partial charge >= 0.3 is 0 Å². The first-order chi connectivity index (χ1) is 14.7. The van der Waals surface area contributed by atoms with Gasteiger partial charge in [-0.1, -0.05) is 24.6 Å². The molecule has 170 valence electrons. The molecule has 0 radical (unpaired) electrons. The van der Waals surface area contributed by atoms with Crippen molar-refractivity contribution < 1.29 is 9.66 Å². The van der Waals surface area contributed by atoms with Gasteiger partial charge in [-0.25, -0.2) is 4.99 Å². The average Bonchev–Trinajstić information content (AvgIpc) is 3.36. The van der Waals surface area contributed by atoms with E-state index >= 15 is 0 Å². The minimum absolute atomic E-state index is 0.117. The number of hydrogen-bond donors (Lipinski definition) is 0. The molecule has 0 aromatic heterocycles. The minimum atomic E-state index is -0.238. The lowest BCUT2D eigenvalue weighted by molar-refractivity contribution is -0.385. The summed E-state index contributed by atoms with van der Waals surface area (Å²) in [6, 6.07) is 4.34. The molecular formula is C24H35N3O3S. The minimum Gasteiger partial charge on any atom is -0.371 e. The number of hydrogen-bond acceptors (Lipinski definition) is 5. The molecule has 4 rings (SSSR count). The summed E-state index contributed by atoms with van der Waals surface area (Å²) in [7, 11) is 0. The standard InChI is InChI=1S/C24H35N3O3S/c1-16(30-24(2,3)4)22-15-31-23(26(22)17-9-5-6-10-17)25-20-13-14-21(27(28)29)19-12-8-7-11-18(19)20/h13-14,16-17,22H,5-12,15H2,1-4H3/t16-,22-/m1/s1. The number of ether oxygens (including phenoxy) is 1. The molecule has 1 aromatic rings. The first-order valence-electron chi connectivity index (χ1n) is 11.7. The van der Waals surface area contributed by atoms with E-state index in [1.807, 2.05) is 17.8 Å². The van der Waals surface area contributed by atoms with E-state index in [0.29, 0.717) is 12.1 Å². The average molecular weight is 446 g/mol. The van der Waals surface area contributed by atoms with Crippen molar-refractivity contribution in [2.75, 3.05) is 5.75 Å². The third-order valence-electron chi connectivity index (χ3n) is 6.66. The summed E-state index contributed by atoms with van der Waals surface area (Å²) in [5, 5.41) is 12.6. The van der Waals surface area contributed by atoms with Gasteiger partial charge in [0, 0.05) is 23.4 Å². The first-order valence-corrected chi connectivity index (χ1v) is 12.7. The topological polar surface area (TPSA) is 68.0 Å². The van der Waals surface area contributed by atoms with Crippen LogP contribution in [0.1, 0.15) is 77.3 Å². The molecule has 2 aliphatic carbocycles. The van der Waals surface area contributed by atoms with Gasteiger partial charge in [0.15, 0.2) is 5.17 Å². The van der Waals surface area contributed by atoms with Gasteiger partial charge in [-0.2, -0.15) is 0 Å². The Bertz CT molecular complexity index is 858. The van der Waals surface area contributed by atoms with Gasteiger partial charge in [0.05, 0.1) is 28.4 Å². The molecule has 7 heteroatoms. The molecule has 0 bridgehead atoms. The fourth-order valence-corrected chi connectivity index (χ4v) is 6.71. The zero-order valence-electron chi connectivity index (χ0n) is 19.2. The number of amidine groups is 1.